The van der Waals surface area contributed by atoms with E-state index in [0.29, 0.717) is 12.2 Å². The monoisotopic (exact) mass is 248 g/mol. The SMILES string of the molecule is CC(N)CC(=O)N1CCc2ccc(C(=O)O)cc21. The molecule has 3 N–H and O–H groups in total. The van der Waals surface area contributed by atoms with E-state index in [1.807, 2.05) is 0 Å². The highest BCUT2D eigenvalue weighted by Gasteiger charge is 2.25. The summed E-state index contributed by atoms with van der Waals surface area (Å²) in [5.74, 6) is -1.03. The number of aromatic carboxylic acids is 1. The van der Waals surface area contributed by atoms with Crippen LogP contribution >= 0.6 is 0 Å². The van der Waals surface area contributed by atoms with Crippen LogP contribution in [0.25, 0.3) is 0 Å². The number of anilines is 1. The van der Waals surface area contributed by atoms with Crippen LogP contribution in [0.4, 0.5) is 5.69 Å². The number of carboxylic acids is 1. The molecule has 18 heavy (non-hydrogen) atoms. The summed E-state index contributed by atoms with van der Waals surface area (Å²) in [5, 5.41) is 8.96. The second kappa shape index (κ2) is 4.78. The molecule has 96 valence electrons. The molecule has 1 aromatic carbocycles. The van der Waals surface area contributed by atoms with E-state index in [9.17, 15) is 9.59 Å². The van der Waals surface area contributed by atoms with Gasteiger partial charge in [-0.05, 0) is 31.0 Å². The molecule has 0 aromatic heterocycles. The summed E-state index contributed by atoms with van der Waals surface area (Å²) in [6.07, 6.45) is 1.04. The van der Waals surface area contributed by atoms with Crippen LogP contribution in [0.15, 0.2) is 18.2 Å². The minimum absolute atomic E-state index is 0.0497. The van der Waals surface area contributed by atoms with E-state index < -0.39 is 5.97 Å². The molecule has 0 spiro atoms. The fourth-order valence-electron chi connectivity index (χ4n) is 2.16. The number of carbonyl (C=O) groups excluding carboxylic acids is 1. The van der Waals surface area contributed by atoms with Crippen molar-refractivity contribution in [2.75, 3.05) is 11.4 Å². The lowest BCUT2D eigenvalue weighted by molar-refractivity contribution is -0.118. The van der Waals surface area contributed by atoms with Gasteiger partial charge in [0.2, 0.25) is 5.91 Å². The van der Waals surface area contributed by atoms with Crippen LogP contribution in [0.1, 0.15) is 29.3 Å². The van der Waals surface area contributed by atoms with Gasteiger partial charge in [0.15, 0.2) is 0 Å². The van der Waals surface area contributed by atoms with Gasteiger partial charge >= 0.3 is 5.97 Å². The van der Waals surface area contributed by atoms with Crippen LogP contribution in [0.3, 0.4) is 0 Å². The van der Waals surface area contributed by atoms with Crippen molar-refractivity contribution >= 4 is 17.6 Å². The second-order valence-electron chi connectivity index (χ2n) is 4.63. The summed E-state index contributed by atoms with van der Waals surface area (Å²) >= 11 is 0. The van der Waals surface area contributed by atoms with Crippen LogP contribution in [0.5, 0.6) is 0 Å². The third-order valence-electron chi connectivity index (χ3n) is 3.03. The molecule has 5 nitrogen and oxygen atoms in total. The highest BCUT2D eigenvalue weighted by molar-refractivity contribution is 5.98. The van der Waals surface area contributed by atoms with Gasteiger partial charge in [-0.1, -0.05) is 6.07 Å². The van der Waals surface area contributed by atoms with Gasteiger partial charge in [0.1, 0.15) is 0 Å². The Hall–Kier alpha value is -1.88. The largest absolute Gasteiger partial charge is 0.478 e. The van der Waals surface area contributed by atoms with Crippen molar-refractivity contribution in [3.63, 3.8) is 0 Å². The molecular formula is C13H16N2O3. The zero-order valence-electron chi connectivity index (χ0n) is 10.2. The molecule has 1 heterocycles. The lowest BCUT2D eigenvalue weighted by Crippen LogP contribution is -2.33. The Morgan fingerprint density at radius 2 is 2.22 bits per heavy atom. The van der Waals surface area contributed by atoms with Gasteiger partial charge in [-0.3, -0.25) is 4.79 Å². The van der Waals surface area contributed by atoms with Crippen LogP contribution in [0.2, 0.25) is 0 Å². The molecule has 1 atom stereocenters. The number of nitrogens with two attached hydrogens (primary N) is 1. The molecule has 1 amide bonds. The van der Waals surface area contributed by atoms with Crippen molar-refractivity contribution in [3.05, 3.63) is 29.3 Å². The van der Waals surface area contributed by atoms with Crippen LogP contribution in [-0.2, 0) is 11.2 Å². The first-order valence-electron chi connectivity index (χ1n) is 5.91. The number of benzene rings is 1. The Labute approximate surface area is 105 Å². The number of hydrogen-bond acceptors (Lipinski definition) is 3. The van der Waals surface area contributed by atoms with Gasteiger partial charge in [-0.2, -0.15) is 0 Å². The molecule has 1 unspecified atom stereocenters. The maximum Gasteiger partial charge on any atom is 0.335 e. The van der Waals surface area contributed by atoms with Gasteiger partial charge in [-0.25, -0.2) is 4.79 Å². The molecule has 5 heteroatoms. The second-order valence-corrected chi connectivity index (χ2v) is 4.63. The minimum atomic E-state index is -0.982. The Morgan fingerprint density at radius 1 is 1.50 bits per heavy atom. The molecule has 0 saturated heterocycles. The Morgan fingerprint density at radius 3 is 2.83 bits per heavy atom. The van der Waals surface area contributed by atoms with E-state index in [0.717, 1.165) is 12.0 Å². The van der Waals surface area contributed by atoms with Gasteiger partial charge < -0.3 is 15.7 Å². The first kappa shape index (κ1) is 12.6. The topological polar surface area (TPSA) is 83.6 Å². The maximum absolute atomic E-state index is 12.0. The number of fused-ring (bicyclic) bond motifs is 1. The standard InChI is InChI=1S/C13H16N2O3/c1-8(14)6-12(16)15-5-4-9-2-3-10(13(17)18)7-11(9)15/h2-3,7-8H,4-6,14H2,1H3,(H,17,18). The molecular weight excluding hydrogens is 232 g/mol. The molecule has 1 aliphatic heterocycles. The molecule has 0 radical (unpaired) electrons. The van der Waals surface area contributed by atoms with Crippen molar-refractivity contribution < 1.29 is 14.7 Å². The lowest BCUT2D eigenvalue weighted by atomic mass is 10.1. The molecule has 0 fully saturated rings. The number of rotatable bonds is 3. The van der Waals surface area contributed by atoms with E-state index in [2.05, 4.69) is 0 Å². The quantitative estimate of drug-likeness (QED) is 0.836. The van der Waals surface area contributed by atoms with E-state index in [1.165, 1.54) is 0 Å². The van der Waals surface area contributed by atoms with Gasteiger partial charge in [0.25, 0.3) is 0 Å². The van der Waals surface area contributed by atoms with Gasteiger partial charge in [-0.15, -0.1) is 0 Å². The fraction of sp³-hybridized carbons (Fsp3) is 0.385. The molecule has 1 aliphatic rings. The zero-order chi connectivity index (χ0) is 13.3. The van der Waals surface area contributed by atoms with E-state index in [-0.39, 0.29) is 23.9 Å². The van der Waals surface area contributed by atoms with Crippen molar-refractivity contribution in [2.45, 2.75) is 25.8 Å². The van der Waals surface area contributed by atoms with E-state index in [1.54, 1.807) is 30.0 Å². The lowest BCUT2D eigenvalue weighted by Gasteiger charge is -2.18. The highest BCUT2D eigenvalue weighted by Crippen LogP contribution is 2.29. The predicted octanol–water partition coefficient (Wildman–Crippen LogP) is 1.01. The molecule has 0 saturated carbocycles. The maximum atomic E-state index is 12.0. The summed E-state index contributed by atoms with van der Waals surface area (Å²) in [5.41, 5.74) is 7.54. The molecule has 0 bridgehead atoms. The van der Waals surface area contributed by atoms with Crippen LogP contribution in [-0.4, -0.2) is 29.6 Å². The van der Waals surface area contributed by atoms with E-state index >= 15 is 0 Å². The van der Waals surface area contributed by atoms with Crippen molar-refractivity contribution in [1.29, 1.82) is 0 Å². The number of amides is 1. The fourth-order valence-corrected chi connectivity index (χ4v) is 2.16. The van der Waals surface area contributed by atoms with Crippen LogP contribution < -0.4 is 10.6 Å². The predicted molar refractivity (Wildman–Crippen MR) is 67.7 cm³/mol. The number of nitrogens with zero attached hydrogens (tertiary/aromatic N) is 1. The smallest absolute Gasteiger partial charge is 0.335 e. The first-order chi connectivity index (χ1) is 8.49. The van der Waals surface area contributed by atoms with Crippen molar-refractivity contribution in [2.24, 2.45) is 5.73 Å². The Balaban J connectivity index is 2.28. The minimum Gasteiger partial charge on any atom is -0.478 e. The first-order valence-corrected chi connectivity index (χ1v) is 5.91. The Kier molecular flexibility index (Phi) is 3.34. The van der Waals surface area contributed by atoms with Crippen molar-refractivity contribution in [1.82, 2.24) is 0 Å². The van der Waals surface area contributed by atoms with Crippen molar-refractivity contribution in [3.8, 4) is 0 Å². The summed E-state index contributed by atoms with van der Waals surface area (Å²) < 4.78 is 0. The van der Waals surface area contributed by atoms with Gasteiger partial charge in [0, 0.05) is 24.7 Å². The van der Waals surface area contributed by atoms with Crippen LogP contribution in [0, 0.1) is 0 Å². The van der Waals surface area contributed by atoms with Gasteiger partial charge in [0.05, 0.1) is 5.56 Å². The Bertz CT molecular complexity index is 497. The summed E-state index contributed by atoms with van der Waals surface area (Å²) in [4.78, 5) is 24.6. The third kappa shape index (κ3) is 2.36. The number of hydrogen-bond donors (Lipinski definition) is 2. The zero-order valence-corrected chi connectivity index (χ0v) is 10.2. The summed E-state index contributed by atoms with van der Waals surface area (Å²) in [6.45, 7) is 2.38. The average Bonchev–Trinajstić information content (AvgIpc) is 2.70. The summed E-state index contributed by atoms with van der Waals surface area (Å²) in [6, 6.07) is 4.71. The molecule has 1 aromatic rings. The average molecular weight is 248 g/mol. The molecule has 2 rings (SSSR count). The third-order valence-corrected chi connectivity index (χ3v) is 3.03. The number of carbonyl (C=O) groups is 2. The normalized spacial score (nSPS) is 15.3. The number of carboxylic acid groups (broad SMARTS) is 1. The van der Waals surface area contributed by atoms with E-state index in [4.69, 9.17) is 10.8 Å². The summed E-state index contributed by atoms with van der Waals surface area (Å²) in [7, 11) is 0. The molecule has 0 aliphatic carbocycles. The highest BCUT2D eigenvalue weighted by atomic mass is 16.4.